The van der Waals surface area contributed by atoms with E-state index in [4.69, 9.17) is 0 Å². The quantitative estimate of drug-likeness (QED) is 0.161. The van der Waals surface area contributed by atoms with Crippen LogP contribution in [-0.2, 0) is 15.0 Å². The molecular weight excluding hydrogens is 650 g/mol. The zero-order valence-electron chi connectivity index (χ0n) is 21.3. The second-order valence-electron chi connectivity index (χ2n) is 10.4. The van der Waals surface area contributed by atoms with Gasteiger partial charge in [0.25, 0.3) is 5.91 Å². The molecule has 3 aliphatic carbocycles. The van der Waals surface area contributed by atoms with E-state index in [2.05, 4.69) is 42.4 Å². The lowest BCUT2D eigenvalue weighted by Crippen LogP contribution is -2.54. The molecule has 0 radical (unpaired) electrons. The molecule has 1 heterocycles. The van der Waals surface area contributed by atoms with Gasteiger partial charge >= 0.3 is 0 Å². The van der Waals surface area contributed by atoms with Crippen LogP contribution in [0.4, 0.5) is 5.69 Å². The normalized spacial score (nSPS) is 23.9. The molecular formula is C32H21Br2N3O4. The molecule has 2 bridgehead atoms. The number of hydrogen-bond acceptors (Lipinski definition) is 5. The highest BCUT2D eigenvalue weighted by Gasteiger charge is 2.68. The summed E-state index contributed by atoms with van der Waals surface area (Å²) in [6.45, 7) is 0. The summed E-state index contributed by atoms with van der Waals surface area (Å²) >= 11 is 6.75. The number of carbonyl (C=O) groups excluding carboxylic acids is 3. The number of nitrogens with zero attached hydrogens (tertiary/aromatic N) is 2. The van der Waals surface area contributed by atoms with Crippen LogP contribution >= 0.6 is 31.9 Å². The number of phenols is 1. The number of anilines is 1. The maximum absolute atomic E-state index is 14.4. The van der Waals surface area contributed by atoms with Crippen molar-refractivity contribution < 1.29 is 19.5 Å². The monoisotopic (exact) mass is 669 g/mol. The summed E-state index contributed by atoms with van der Waals surface area (Å²) in [6.07, 6.45) is 1.60. The molecule has 0 aromatic heterocycles. The number of amides is 3. The number of halogens is 2. The Kier molecular flexibility index (Phi) is 5.99. The first kappa shape index (κ1) is 25.9. The minimum atomic E-state index is -1.12. The zero-order valence-corrected chi connectivity index (χ0v) is 24.5. The topological polar surface area (TPSA) is 99.1 Å². The minimum Gasteiger partial charge on any atom is -0.507 e. The van der Waals surface area contributed by atoms with E-state index in [-0.39, 0.29) is 29.0 Å². The van der Waals surface area contributed by atoms with Gasteiger partial charge < -0.3 is 5.11 Å². The van der Waals surface area contributed by atoms with Gasteiger partial charge in [0.15, 0.2) is 0 Å². The fraction of sp³-hybridized carbons (Fsp3) is 0.125. The SMILES string of the molecule is O=C(N/N=C/C12c3ccccc3C(c3ccccc31)[C@H]1C(=O)N(c3ccc(Br)cc3)C(=O)[C@@H]12)c1cc(Br)ccc1O. The van der Waals surface area contributed by atoms with E-state index in [9.17, 15) is 19.5 Å². The number of imide groups is 1. The molecule has 8 rings (SSSR count). The Bertz CT molecular complexity index is 1760. The molecule has 4 aromatic rings. The second-order valence-corrected chi connectivity index (χ2v) is 12.2. The van der Waals surface area contributed by atoms with Crippen molar-refractivity contribution in [3.05, 3.63) is 128 Å². The molecule has 9 heteroatoms. The molecule has 1 saturated heterocycles. The van der Waals surface area contributed by atoms with Crippen LogP contribution in [0.1, 0.15) is 38.5 Å². The van der Waals surface area contributed by atoms with Crippen LogP contribution in [0.2, 0.25) is 0 Å². The smallest absolute Gasteiger partial charge is 0.275 e. The average molecular weight is 671 g/mol. The molecule has 2 N–H and O–H groups in total. The van der Waals surface area contributed by atoms with Crippen LogP contribution < -0.4 is 10.3 Å². The first-order chi connectivity index (χ1) is 19.8. The molecule has 41 heavy (non-hydrogen) atoms. The van der Waals surface area contributed by atoms with Gasteiger partial charge in [-0.05, 0) is 64.7 Å². The Labute approximate surface area is 252 Å². The number of phenolic OH excluding ortho intramolecular Hbond substituents is 1. The minimum absolute atomic E-state index is 0.0496. The third kappa shape index (κ3) is 3.68. The number of benzene rings is 4. The summed E-state index contributed by atoms with van der Waals surface area (Å²) in [4.78, 5) is 42.8. The summed E-state index contributed by atoms with van der Waals surface area (Å²) in [5.74, 6) is -3.07. The molecule has 0 unspecified atom stereocenters. The van der Waals surface area contributed by atoms with Crippen molar-refractivity contribution in [2.45, 2.75) is 11.3 Å². The van der Waals surface area contributed by atoms with E-state index in [0.717, 1.165) is 26.7 Å². The van der Waals surface area contributed by atoms with Gasteiger partial charge in [-0.1, -0.05) is 80.4 Å². The van der Waals surface area contributed by atoms with E-state index in [1.165, 1.54) is 17.0 Å². The molecule has 1 aliphatic heterocycles. The molecule has 3 amide bonds. The van der Waals surface area contributed by atoms with Gasteiger partial charge in [-0.25, -0.2) is 10.3 Å². The Morgan fingerprint density at radius 2 is 1.46 bits per heavy atom. The molecule has 1 fully saturated rings. The van der Waals surface area contributed by atoms with E-state index < -0.39 is 23.2 Å². The van der Waals surface area contributed by atoms with Gasteiger partial charge in [-0.3, -0.25) is 14.4 Å². The highest BCUT2D eigenvalue weighted by Crippen LogP contribution is 2.63. The summed E-state index contributed by atoms with van der Waals surface area (Å²) in [5.41, 5.74) is 5.68. The fourth-order valence-electron chi connectivity index (χ4n) is 6.84. The molecule has 7 nitrogen and oxygen atoms in total. The average Bonchev–Trinajstić information content (AvgIpc) is 3.25. The predicted molar refractivity (Wildman–Crippen MR) is 161 cm³/mol. The number of rotatable bonds is 4. The van der Waals surface area contributed by atoms with Gasteiger partial charge in [-0.2, -0.15) is 5.10 Å². The van der Waals surface area contributed by atoms with Crippen LogP contribution in [0.3, 0.4) is 0 Å². The van der Waals surface area contributed by atoms with E-state index in [1.807, 2.05) is 48.5 Å². The fourth-order valence-corrected chi connectivity index (χ4v) is 7.46. The Balaban J connectivity index is 1.40. The molecule has 202 valence electrons. The Hall–Kier alpha value is -4.08. The van der Waals surface area contributed by atoms with Gasteiger partial charge in [0, 0.05) is 21.1 Å². The van der Waals surface area contributed by atoms with Crippen molar-refractivity contribution in [1.82, 2.24) is 5.43 Å². The lowest BCUT2D eigenvalue weighted by molar-refractivity contribution is -0.122. The lowest BCUT2D eigenvalue weighted by atomic mass is 9.47. The van der Waals surface area contributed by atoms with E-state index in [0.29, 0.717) is 10.2 Å². The Morgan fingerprint density at radius 1 is 0.854 bits per heavy atom. The molecule has 4 aliphatic rings. The van der Waals surface area contributed by atoms with Crippen molar-refractivity contribution in [2.24, 2.45) is 16.9 Å². The first-order valence-electron chi connectivity index (χ1n) is 13.0. The largest absolute Gasteiger partial charge is 0.507 e. The van der Waals surface area contributed by atoms with Crippen molar-refractivity contribution in [2.75, 3.05) is 4.90 Å². The van der Waals surface area contributed by atoms with E-state index >= 15 is 0 Å². The van der Waals surface area contributed by atoms with Gasteiger partial charge in [0.1, 0.15) is 5.75 Å². The van der Waals surface area contributed by atoms with Crippen LogP contribution in [-0.4, -0.2) is 29.0 Å². The summed E-state index contributed by atoms with van der Waals surface area (Å²) < 4.78 is 1.47. The van der Waals surface area contributed by atoms with Crippen LogP contribution in [0.25, 0.3) is 0 Å². The third-order valence-corrected chi connectivity index (χ3v) is 9.43. The van der Waals surface area contributed by atoms with Crippen molar-refractivity contribution in [3.63, 3.8) is 0 Å². The standard InChI is InChI=1S/C32H21Br2N3O4/c33-17-9-12-19(13-10-17)37-30(40)27-26-20-5-1-3-7-23(20)32(28(27)31(37)41,24-8-4-2-6-21(24)26)16-35-36-29(39)22-15-18(34)11-14-25(22)38/h1-16,26-28,38H,(H,36,39)/b35-16+/t26?,27-,28-,32?/m1/s1. The van der Waals surface area contributed by atoms with Crippen LogP contribution in [0.5, 0.6) is 5.75 Å². The van der Waals surface area contributed by atoms with Crippen molar-refractivity contribution >= 4 is 61.5 Å². The number of nitrogens with one attached hydrogen (secondary N) is 1. The highest BCUT2D eigenvalue weighted by atomic mass is 79.9. The first-order valence-corrected chi connectivity index (χ1v) is 14.6. The lowest BCUT2D eigenvalue weighted by Gasteiger charge is -2.52. The van der Waals surface area contributed by atoms with Crippen LogP contribution in [0.15, 0.2) is 105 Å². The van der Waals surface area contributed by atoms with Gasteiger partial charge in [0.05, 0.1) is 28.5 Å². The van der Waals surface area contributed by atoms with Crippen molar-refractivity contribution in [1.29, 1.82) is 0 Å². The predicted octanol–water partition coefficient (Wildman–Crippen LogP) is 5.88. The Morgan fingerprint density at radius 3 is 2.12 bits per heavy atom. The molecule has 0 saturated carbocycles. The van der Waals surface area contributed by atoms with Crippen LogP contribution in [0, 0.1) is 11.8 Å². The molecule has 4 aromatic carbocycles. The second kappa shape index (κ2) is 9.49. The summed E-state index contributed by atoms with van der Waals surface area (Å²) in [5, 5.41) is 14.6. The number of hydrogen-bond donors (Lipinski definition) is 2. The zero-order chi connectivity index (χ0) is 28.5. The summed E-state index contributed by atoms with van der Waals surface area (Å²) in [7, 11) is 0. The highest BCUT2D eigenvalue weighted by molar-refractivity contribution is 9.10. The molecule has 2 atom stereocenters. The number of aromatic hydroxyl groups is 1. The number of carbonyl (C=O) groups is 3. The van der Waals surface area contributed by atoms with Gasteiger partial charge in [0.2, 0.25) is 11.8 Å². The maximum Gasteiger partial charge on any atom is 0.275 e. The van der Waals surface area contributed by atoms with E-state index in [1.54, 1.807) is 36.5 Å². The number of hydrazone groups is 1. The summed E-state index contributed by atoms with van der Waals surface area (Å²) in [6, 6.07) is 27.3. The molecule has 0 spiro atoms. The van der Waals surface area contributed by atoms with Crippen molar-refractivity contribution in [3.8, 4) is 5.75 Å². The van der Waals surface area contributed by atoms with Gasteiger partial charge in [-0.15, -0.1) is 0 Å². The third-order valence-electron chi connectivity index (χ3n) is 8.41. The maximum atomic E-state index is 14.4.